The fourth-order valence-electron chi connectivity index (χ4n) is 1.62. The Balaban J connectivity index is 0.00000256. The number of hydrogen-bond donors (Lipinski definition) is 1. The number of halogens is 1. The van der Waals surface area contributed by atoms with Crippen molar-refractivity contribution >= 4 is 18.1 Å². The molecule has 4 nitrogen and oxygen atoms in total. The van der Waals surface area contributed by atoms with E-state index in [1.165, 1.54) is 25.0 Å². The molecule has 0 aliphatic heterocycles. The number of nitrogens with two attached hydrogens (primary N) is 1. The van der Waals surface area contributed by atoms with Crippen LogP contribution in [0.2, 0.25) is 0 Å². The largest absolute Gasteiger partial charge is 0.324 e. The first kappa shape index (κ1) is 15.9. The summed E-state index contributed by atoms with van der Waals surface area (Å²) in [6, 6.07) is 6.50. The van der Waals surface area contributed by atoms with Gasteiger partial charge in [0.25, 0.3) is 5.69 Å². The molecule has 1 atom stereocenters. The standard InChI is InChI=1S/C12H18N2O2.ClH/c1-2-3-4-5-12(13)10-6-8-11(9-7-10)14(15)16;/h6-9,12H,2-5,13H2,1H3;1H/t12-;/m0./s1. The lowest BCUT2D eigenvalue weighted by atomic mass is 10.0. The molecule has 1 aromatic carbocycles. The van der Waals surface area contributed by atoms with Crippen LogP contribution in [-0.2, 0) is 0 Å². The number of nitrogens with zero attached hydrogens (tertiary/aromatic N) is 1. The average Bonchev–Trinajstić information content (AvgIpc) is 2.29. The summed E-state index contributed by atoms with van der Waals surface area (Å²) in [7, 11) is 0. The summed E-state index contributed by atoms with van der Waals surface area (Å²) >= 11 is 0. The maximum atomic E-state index is 10.5. The number of nitro benzene ring substituents is 1. The van der Waals surface area contributed by atoms with Gasteiger partial charge < -0.3 is 5.73 Å². The summed E-state index contributed by atoms with van der Waals surface area (Å²) in [5.74, 6) is 0. The minimum atomic E-state index is -0.396. The van der Waals surface area contributed by atoms with Crippen molar-refractivity contribution in [2.24, 2.45) is 5.73 Å². The van der Waals surface area contributed by atoms with Crippen LogP contribution in [0.5, 0.6) is 0 Å². The van der Waals surface area contributed by atoms with Crippen molar-refractivity contribution in [1.29, 1.82) is 0 Å². The van der Waals surface area contributed by atoms with E-state index in [1.807, 2.05) is 0 Å². The molecule has 0 spiro atoms. The summed E-state index contributed by atoms with van der Waals surface area (Å²) in [6.45, 7) is 2.15. The van der Waals surface area contributed by atoms with E-state index in [9.17, 15) is 10.1 Å². The lowest BCUT2D eigenvalue weighted by molar-refractivity contribution is -0.384. The molecule has 0 radical (unpaired) electrons. The Kier molecular flexibility index (Phi) is 7.50. The molecule has 0 saturated heterocycles. The van der Waals surface area contributed by atoms with E-state index >= 15 is 0 Å². The maximum absolute atomic E-state index is 10.5. The highest BCUT2D eigenvalue weighted by Crippen LogP contribution is 2.20. The van der Waals surface area contributed by atoms with Gasteiger partial charge in [-0.25, -0.2) is 0 Å². The third-order valence-electron chi connectivity index (χ3n) is 2.65. The van der Waals surface area contributed by atoms with Gasteiger partial charge in [0.1, 0.15) is 0 Å². The van der Waals surface area contributed by atoms with Gasteiger partial charge in [-0.3, -0.25) is 10.1 Å². The van der Waals surface area contributed by atoms with E-state index in [0.717, 1.165) is 18.4 Å². The molecule has 17 heavy (non-hydrogen) atoms. The Morgan fingerprint density at radius 2 is 1.88 bits per heavy atom. The fraction of sp³-hybridized carbons (Fsp3) is 0.500. The van der Waals surface area contributed by atoms with Gasteiger partial charge >= 0.3 is 0 Å². The van der Waals surface area contributed by atoms with E-state index in [0.29, 0.717) is 0 Å². The zero-order chi connectivity index (χ0) is 12.0. The lowest BCUT2D eigenvalue weighted by Crippen LogP contribution is -2.09. The number of benzene rings is 1. The van der Waals surface area contributed by atoms with Gasteiger partial charge in [-0.15, -0.1) is 12.4 Å². The number of non-ortho nitro benzene ring substituents is 1. The van der Waals surface area contributed by atoms with Crippen LogP contribution in [0.4, 0.5) is 5.69 Å². The van der Waals surface area contributed by atoms with Crippen LogP contribution in [0.3, 0.4) is 0 Å². The summed E-state index contributed by atoms with van der Waals surface area (Å²) in [4.78, 5) is 10.1. The second-order valence-corrected chi connectivity index (χ2v) is 3.95. The van der Waals surface area contributed by atoms with Crippen molar-refractivity contribution in [2.75, 3.05) is 0 Å². The molecule has 0 bridgehead atoms. The number of hydrogen-bond acceptors (Lipinski definition) is 3. The van der Waals surface area contributed by atoms with Crippen molar-refractivity contribution in [1.82, 2.24) is 0 Å². The number of unbranched alkanes of at least 4 members (excludes halogenated alkanes) is 2. The second-order valence-electron chi connectivity index (χ2n) is 3.95. The molecule has 96 valence electrons. The summed E-state index contributed by atoms with van der Waals surface area (Å²) in [5, 5.41) is 10.5. The van der Waals surface area contributed by atoms with Crippen molar-refractivity contribution in [3.63, 3.8) is 0 Å². The number of rotatable bonds is 6. The van der Waals surface area contributed by atoms with Gasteiger partial charge in [-0.2, -0.15) is 0 Å². The average molecular weight is 259 g/mol. The zero-order valence-corrected chi connectivity index (χ0v) is 10.8. The van der Waals surface area contributed by atoms with Crippen LogP contribution >= 0.6 is 12.4 Å². The van der Waals surface area contributed by atoms with Gasteiger partial charge in [0.05, 0.1) is 4.92 Å². The normalized spacial score (nSPS) is 11.6. The Morgan fingerprint density at radius 1 is 1.29 bits per heavy atom. The van der Waals surface area contributed by atoms with Gasteiger partial charge in [-0.05, 0) is 12.0 Å². The zero-order valence-electron chi connectivity index (χ0n) is 9.96. The predicted octanol–water partition coefficient (Wildman–Crippen LogP) is 3.60. The molecule has 0 aliphatic carbocycles. The van der Waals surface area contributed by atoms with Gasteiger partial charge in [-0.1, -0.05) is 38.3 Å². The monoisotopic (exact) mass is 258 g/mol. The Hall–Kier alpha value is -1.13. The molecule has 0 aliphatic rings. The van der Waals surface area contributed by atoms with E-state index in [-0.39, 0.29) is 24.1 Å². The quantitative estimate of drug-likeness (QED) is 0.482. The maximum Gasteiger partial charge on any atom is 0.269 e. The van der Waals surface area contributed by atoms with Crippen LogP contribution < -0.4 is 5.73 Å². The van der Waals surface area contributed by atoms with Gasteiger partial charge in [0.15, 0.2) is 0 Å². The molecule has 2 N–H and O–H groups in total. The van der Waals surface area contributed by atoms with Crippen molar-refractivity contribution in [2.45, 2.75) is 38.6 Å². The Labute approximate surface area is 108 Å². The summed E-state index contributed by atoms with van der Waals surface area (Å²) in [5.41, 5.74) is 7.08. The topological polar surface area (TPSA) is 69.2 Å². The first-order chi connectivity index (χ1) is 7.65. The lowest BCUT2D eigenvalue weighted by Gasteiger charge is -2.11. The van der Waals surface area contributed by atoms with Gasteiger partial charge in [0.2, 0.25) is 0 Å². The van der Waals surface area contributed by atoms with E-state index < -0.39 is 4.92 Å². The van der Waals surface area contributed by atoms with Crippen LogP contribution in [0.1, 0.15) is 44.2 Å². The SMILES string of the molecule is CCCCC[C@H](N)c1ccc([N+](=O)[O-])cc1.Cl. The predicted molar refractivity (Wildman–Crippen MR) is 71.4 cm³/mol. The molecule has 0 unspecified atom stereocenters. The van der Waals surface area contributed by atoms with Crippen LogP contribution in [-0.4, -0.2) is 4.92 Å². The molecule has 1 aromatic rings. The van der Waals surface area contributed by atoms with E-state index in [4.69, 9.17) is 5.73 Å². The highest BCUT2D eigenvalue weighted by Gasteiger charge is 2.08. The molecule has 0 heterocycles. The fourth-order valence-corrected chi connectivity index (χ4v) is 1.62. The minimum absolute atomic E-state index is 0. The first-order valence-electron chi connectivity index (χ1n) is 5.65. The highest BCUT2D eigenvalue weighted by atomic mass is 35.5. The van der Waals surface area contributed by atoms with Crippen LogP contribution in [0, 0.1) is 10.1 Å². The van der Waals surface area contributed by atoms with Crippen molar-refractivity contribution < 1.29 is 4.92 Å². The summed E-state index contributed by atoms with van der Waals surface area (Å²) in [6.07, 6.45) is 4.40. The highest BCUT2D eigenvalue weighted by molar-refractivity contribution is 5.85. The third-order valence-corrected chi connectivity index (χ3v) is 2.65. The smallest absolute Gasteiger partial charge is 0.269 e. The van der Waals surface area contributed by atoms with E-state index in [2.05, 4.69) is 6.92 Å². The molecule has 5 heteroatoms. The molecular weight excluding hydrogens is 240 g/mol. The minimum Gasteiger partial charge on any atom is -0.324 e. The third kappa shape index (κ3) is 5.15. The van der Waals surface area contributed by atoms with E-state index in [1.54, 1.807) is 12.1 Å². The molecule has 1 rings (SSSR count). The van der Waals surface area contributed by atoms with Crippen molar-refractivity contribution in [3.05, 3.63) is 39.9 Å². The second kappa shape index (κ2) is 8.03. The Morgan fingerprint density at radius 3 is 2.35 bits per heavy atom. The number of nitro groups is 1. The van der Waals surface area contributed by atoms with Crippen molar-refractivity contribution in [3.8, 4) is 0 Å². The molecular formula is C12H19ClN2O2. The van der Waals surface area contributed by atoms with Gasteiger partial charge in [0, 0.05) is 18.2 Å². The molecule has 0 fully saturated rings. The molecule has 0 aromatic heterocycles. The first-order valence-corrected chi connectivity index (χ1v) is 5.65. The summed E-state index contributed by atoms with van der Waals surface area (Å²) < 4.78 is 0. The molecule has 0 amide bonds. The van der Waals surface area contributed by atoms with Crippen LogP contribution in [0.15, 0.2) is 24.3 Å². The Bertz CT molecular complexity index is 341. The molecule has 0 saturated carbocycles. The van der Waals surface area contributed by atoms with Crippen LogP contribution in [0.25, 0.3) is 0 Å².